The number of fused-ring (bicyclic) bond motifs is 1. The minimum Gasteiger partial charge on any atom is -0.361 e. The fraction of sp³-hybridized carbons (Fsp3) is 0.526. The van der Waals surface area contributed by atoms with Crippen LogP contribution in [0.15, 0.2) is 30.5 Å². The minimum atomic E-state index is -0.0342. The molecule has 24 heavy (non-hydrogen) atoms. The van der Waals surface area contributed by atoms with Crippen LogP contribution in [-0.2, 0) is 6.42 Å². The van der Waals surface area contributed by atoms with Gasteiger partial charge in [0, 0.05) is 49.3 Å². The van der Waals surface area contributed by atoms with E-state index in [1.54, 1.807) is 0 Å². The summed E-state index contributed by atoms with van der Waals surface area (Å²) in [4.78, 5) is 17.9. The Kier molecular flexibility index (Phi) is 4.43. The average Bonchev–Trinajstić information content (AvgIpc) is 3.13. The van der Waals surface area contributed by atoms with Gasteiger partial charge in [-0.1, -0.05) is 18.2 Å². The molecule has 128 valence electrons. The van der Waals surface area contributed by atoms with Gasteiger partial charge < -0.3 is 20.5 Å². The van der Waals surface area contributed by atoms with Crippen molar-refractivity contribution in [1.82, 2.24) is 20.5 Å². The summed E-state index contributed by atoms with van der Waals surface area (Å²) in [5.74, 6) is 0.925. The smallest absolute Gasteiger partial charge is 0.315 e. The summed E-state index contributed by atoms with van der Waals surface area (Å²) < 4.78 is 0. The molecular formula is C19H26N4O. The van der Waals surface area contributed by atoms with Crippen LogP contribution >= 0.6 is 0 Å². The van der Waals surface area contributed by atoms with Crippen molar-refractivity contribution in [3.8, 4) is 0 Å². The Morgan fingerprint density at radius 2 is 2.12 bits per heavy atom. The van der Waals surface area contributed by atoms with Gasteiger partial charge in [0.1, 0.15) is 0 Å². The monoisotopic (exact) mass is 326 g/mol. The maximum Gasteiger partial charge on any atom is 0.315 e. The molecule has 2 aliphatic rings. The molecule has 3 N–H and O–H groups in total. The highest BCUT2D eigenvalue weighted by molar-refractivity contribution is 5.83. The second-order valence-electron chi connectivity index (χ2n) is 7.20. The number of rotatable bonds is 6. The Hall–Kier alpha value is -2.01. The van der Waals surface area contributed by atoms with E-state index in [-0.39, 0.29) is 6.03 Å². The van der Waals surface area contributed by atoms with Crippen LogP contribution in [0.3, 0.4) is 0 Å². The molecule has 1 saturated heterocycles. The van der Waals surface area contributed by atoms with E-state index in [9.17, 15) is 4.79 Å². The maximum atomic E-state index is 12.1. The predicted octanol–water partition coefficient (Wildman–Crippen LogP) is 2.49. The van der Waals surface area contributed by atoms with Crippen LogP contribution in [0.2, 0.25) is 0 Å². The molecular weight excluding hydrogens is 300 g/mol. The van der Waals surface area contributed by atoms with Gasteiger partial charge in [-0.05, 0) is 43.2 Å². The third-order valence-corrected chi connectivity index (χ3v) is 5.18. The predicted molar refractivity (Wildman–Crippen MR) is 96.1 cm³/mol. The van der Waals surface area contributed by atoms with Gasteiger partial charge in [0.05, 0.1) is 0 Å². The Balaban J connectivity index is 1.19. The van der Waals surface area contributed by atoms with E-state index in [1.807, 2.05) is 18.3 Å². The van der Waals surface area contributed by atoms with Crippen molar-refractivity contribution < 1.29 is 4.79 Å². The molecule has 0 unspecified atom stereocenters. The summed E-state index contributed by atoms with van der Waals surface area (Å²) in [5.41, 5.74) is 2.40. The van der Waals surface area contributed by atoms with Crippen LogP contribution in [-0.4, -0.2) is 48.1 Å². The zero-order chi connectivity index (χ0) is 16.4. The molecule has 0 radical (unpaired) electrons. The lowest BCUT2D eigenvalue weighted by atomic mass is 10.1. The van der Waals surface area contributed by atoms with Crippen LogP contribution in [0.25, 0.3) is 10.9 Å². The first-order chi connectivity index (χ1) is 11.8. The van der Waals surface area contributed by atoms with Gasteiger partial charge in [0.15, 0.2) is 0 Å². The Morgan fingerprint density at radius 3 is 3.00 bits per heavy atom. The zero-order valence-corrected chi connectivity index (χ0v) is 14.1. The molecule has 1 aromatic heterocycles. The summed E-state index contributed by atoms with van der Waals surface area (Å²) in [5, 5.41) is 7.36. The van der Waals surface area contributed by atoms with Crippen molar-refractivity contribution in [3.05, 3.63) is 36.0 Å². The Labute approximate surface area is 142 Å². The van der Waals surface area contributed by atoms with Gasteiger partial charge in [-0.2, -0.15) is 0 Å². The molecule has 2 amide bonds. The third kappa shape index (κ3) is 3.73. The van der Waals surface area contributed by atoms with E-state index in [1.165, 1.54) is 30.3 Å². The molecule has 0 bridgehead atoms. The van der Waals surface area contributed by atoms with Gasteiger partial charge in [0.2, 0.25) is 0 Å². The van der Waals surface area contributed by atoms with Crippen molar-refractivity contribution in [2.75, 3.05) is 26.2 Å². The van der Waals surface area contributed by atoms with Gasteiger partial charge in [-0.25, -0.2) is 4.79 Å². The number of hydrogen-bond donors (Lipinski definition) is 3. The fourth-order valence-electron chi connectivity index (χ4n) is 3.67. The number of urea groups is 1. The van der Waals surface area contributed by atoms with Crippen LogP contribution in [0.1, 0.15) is 24.8 Å². The lowest BCUT2D eigenvalue weighted by Gasteiger charge is -2.16. The first kappa shape index (κ1) is 15.5. The summed E-state index contributed by atoms with van der Waals surface area (Å²) in [6, 6.07) is 8.54. The summed E-state index contributed by atoms with van der Waals surface area (Å²) in [6.45, 7) is 4.01. The van der Waals surface area contributed by atoms with Crippen LogP contribution < -0.4 is 10.6 Å². The number of nitrogens with one attached hydrogen (secondary N) is 3. The molecule has 4 rings (SSSR count). The highest BCUT2D eigenvalue weighted by Crippen LogP contribution is 2.30. The first-order valence-electron chi connectivity index (χ1n) is 9.09. The van der Waals surface area contributed by atoms with E-state index < -0.39 is 0 Å². The number of likely N-dealkylation sites (tertiary alicyclic amines) is 1. The van der Waals surface area contributed by atoms with Crippen molar-refractivity contribution in [2.24, 2.45) is 5.92 Å². The summed E-state index contributed by atoms with van der Waals surface area (Å²) >= 11 is 0. The summed E-state index contributed by atoms with van der Waals surface area (Å²) in [6.07, 6.45) is 6.74. The van der Waals surface area contributed by atoms with Crippen molar-refractivity contribution in [2.45, 2.75) is 31.7 Å². The highest BCUT2D eigenvalue weighted by atomic mass is 16.2. The van der Waals surface area contributed by atoms with Crippen LogP contribution in [0.5, 0.6) is 0 Å². The molecule has 1 aliphatic carbocycles. The average molecular weight is 326 g/mol. The van der Waals surface area contributed by atoms with E-state index >= 15 is 0 Å². The quantitative estimate of drug-likeness (QED) is 0.764. The van der Waals surface area contributed by atoms with Gasteiger partial charge in [0.25, 0.3) is 0 Å². The number of carbonyl (C=O) groups excluding carboxylic acids is 1. The number of carbonyl (C=O) groups is 1. The van der Waals surface area contributed by atoms with Crippen molar-refractivity contribution >= 4 is 16.9 Å². The molecule has 2 fully saturated rings. The van der Waals surface area contributed by atoms with Gasteiger partial charge in [-0.15, -0.1) is 0 Å². The number of aromatic amines is 1. The minimum absolute atomic E-state index is 0.0342. The second-order valence-corrected chi connectivity index (χ2v) is 7.20. The van der Waals surface area contributed by atoms with Gasteiger partial charge >= 0.3 is 6.03 Å². The van der Waals surface area contributed by atoms with Crippen LogP contribution in [0.4, 0.5) is 4.79 Å². The van der Waals surface area contributed by atoms with E-state index in [2.05, 4.69) is 32.7 Å². The van der Waals surface area contributed by atoms with E-state index in [0.29, 0.717) is 12.6 Å². The first-order valence-corrected chi connectivity index (χ1v) is 9.09. The SMILES string of the molecule is O=C(NCCc1c[nH]c2ccccc12)N[C@@H]1CCN(CC2CC2)C1. The largest absolute Gasteiger partial charge is 0.361 e. The summed E-state index contributed by atoms with van der Waals surface area (Å²) in [7, 11) is 0. The molecule has 2 heterocycles. The normalized spacial score (nSPS) is 21.2. The lowest BCUT2D eigenvalue weighted by molar-refractivity contribution is 0.236. The lowest BCUT2D eigenvalue weighted by Crippen LogP contribution is -2.44. The number of benzene rings is 1. The van der Waals surface area contributed by atoms with Gasteiger partial charge in [-0.3, -0.25) is 0 Å². The van der Waals surface area contributed by atoms with E-state index in [4.69, 9.17) is 0 Å². The molecule has 1 aromatic carbocycles. The number of aromatic nitrogens is 1. The zero-order valence-electron chi connectivity index (χ0n) is 14.1. The molecule has 5 heteroatoms. The van der Waals surface area contributed by atoms with Crippen molar-refractivity contribution in [1.29, 1.82) is 0 Å². The number of amides is 2. The molecule has 1 atom stereocenters. The number of nitrogens with zero attached hydrogens (tertiary/aromatic N) is 1. The van der Waals surface area contributed by atoms with Crippen LogP contribution in [0, 0.1) is 5.92 Å². The molecule has 5 nitrogen and oxygen atoms in total. The third-order valence-electron chi connectivity index (χ3n) is 5.18. The topological polar surface area (TPSA) is 60.2 Å². The highest BCUT2D eigenvalue weighted by Gasteiger charge is 2.29. The van der Waals surface area contributed by atoms with E-state index in [0.717, 1.165) is 37.4 Å². The standard InChI is InChI=1S/C19H26N4O/c24-19(22-16-8-10-23(13-16)12-14-5-6-14)20-9-7-15-11-21-18-4-2-1-3-17(15)18/h1-4,11,14,16,21H,5-10,12-13H2,(H2,20,22,24)/t16-/m1/s1. The Morgan fingerprint density at radius 1 is 1.25 bits per heavy atom. The number of para-hydroxylation sites is 1. The number of hydrogen-bond acceptors (Lipinski definition) is 2. The second kappa shape index (κ2) is 6.85. The molecule has 1 saturated carbocycles. The maximum absolute atomic E-state index is 12.1. The molecule has 1 aliphatic heterocycles. The Bertz CT molecular complexity index is 706. The number of H-pyrrole nitrogens is 1. The van der Waals surface area contributed by atoms with Crippen molar-refractivity contribution in [3.63, 3.8) is 0 Å². The molecule has 2 aromatic rings. The fourth-order valence-corrected chi connectivity index (χ4v) is 3.67. The molecule has 0 spiro atoms.